The maximum atomic E-state index is 13.3. The van der Waals surface area contributed by atoms with E-state index in [1.54, 1.807) is 0 Å². The lowest BCUT2D eigenvalue weighted by atomic mass is 9.75. The van der Waals surface area contributed by atoms with Gasteiger partial charge in [-0.2, -0.15) is 0 Å². The lowest BCUT2D eigenvalue weighted by Gasteiger charge is -2.29. The molecule has 2 aliphatic rings. The molecule has 0 atom stereocenters. The molecular weight excluding hydrogens is 464 g/mol. The molecule has 0 heterocycles. The Hall–Kier alpha value is -4.72. The molecule has 0 unspecified atom stereocenters. The van der Waals surface area contributed by atoms with E-state index in [1.165, 1.54) is 24.3 Å². The Balaban J connectivity index is 2.35. The number of aliphatic hydroxyl groups is 3. The van der Waals surface area contributed by atoms with E-state index in [0.29, 0.717) is 0 Å². The summed E-state index contributed by atoms with van der Waals surface area (Å²) >= 11 is 0. The van der Waals surface area contributed by atoms with Crippen LogP contribution in [0.4, 0.5) is 0 Å². The molecule has 8 nitrogen and oxygen atoms in total. The van der Waals surface area contributed by atoms with Crippen molar-refractivity contribution in [3.05, 3.63) is 107 Å². The Morgan fingerprint density at radius 1 is 0.500 bits per heavy atom. The summed E-state index contributed by atoms with van der Waals surface area (Å²) in [5.74, 6) is -5.45. The molecule has 0 bridgehead atoms. The van der Waals surface area contributed by atoms with Crippen LogP contribution < -0.4 is 0 Å². The van der Waals surface area contributed by atoms with Gasteiger partial charge in [-0.3, -0.25) is 9.59 Å². The predicted molar refractivity (Wildman–Crippen MR) is 135 cm³/mol. The number of aliphatic hydroxyl groups excluding tert-OH is 3. The van der Waals surface area contributed by atoms with Crippen LogP contribution >= 0.6 is 0 Å². The number of ketones is 2. The summed E-state index contributed by atoms with van der Waals surface area (Å²) < 4.78 is 0. The Labute approximate surface area is 207 Å². The monoisotopic (exact) mass is 490 g/mol. The summed E-state index contributed by atoms with van der Waals surface area (Å²) in [6, 6.07) is 0. The minimum Gasteiger partial charge on any atom is -0.507 e. The van der Waals surface area contributed by atoms with Gasteiger partial charge in [-0.25, -0.2) is 0 Å². The van der Waals surface area contributed by atoms with Crippen molar-refractivity contribution in [1.82, 2.24) is 0 Å². The smallest absolute Gasteiger partial charge is 0.202 e. The van der Waals surface area contributed by atoms with Crippen molar-refractivity contribution >= 4 is 17.1 Å². The number of hydrogen-bond donors (Lipinski definition) is 6. The van der Waals surface area contributed by atoms with Crippen LogP contribution in [0.5, 0.6) is 17.2 Å². The van der Waals surface area contributed by atoms with Crippen LogP contribution in [0.1, 0.15) is 29.5 Å². The molecule has 0 fully saturated rings. The van der Waals surface area contributed by atoms with E-state index >= 15 is 0 Å². The molecule has 3 rings (SSSR count). The highest BCUT2D eigenvalue weighted by Gasteiger charge is 2.45. The van der Waals surface area contributed by atoms with Crippen molar-refractivity contribution < 1.29 is 40.2 Å². The summed E-state index contributed by atoms with van der Waals surface area (Å²) in [5.41, 5.74) is -2.25. The van der Waals surface area contributed by atoms with Crippen LogP contribution in [-0.2, 0) is 22.4 Å². The number of phenols is 3. The van der Waals surface area contributed by atoms with Crippen molar-refractivity contribution in [3.8, 4) is 17.2 Å². The van der Waals surface area contributed by atoms with Crippen LogP contribution in [0.15, 0.2) is 90.2 Å². The number of phenolic OH excluding ortho intramolecular Hbond substituents is 3. The summed E-state index contributed by atoms with van der Waals surface area (Å²) in [4.78, 5) is 26.4. The van der Waals surface area contributed by atoms with Crippen molar-refractivity contribution in [1.29, 1.82) is 0 Å². The maximum absolute atomic E-state index is 13.3. The minimum absolute atomic E-state index is 0.0207. The van der Waals surface area contributed by atoms with Crippen molar-refractivity contribution in [2.24, 2.45) is 0 Å². The predicted octanol–water partition coefficient (Wildman–Crippen LogP) is 4.77. The van der Waals surface area contributed by atoms with E-state index in [2.05, 4.69) is 26.3 Å². The first kappa shape index (κ1) is 25.9. The van der Waals surface area contributed by atoms with E-state index in [4.69, 9.17) is 0 Å². The van der Waals surface area contributed by atoms with E-state index in [1.807, 2.05) is 0 Å². The molecule has 0 amide bonds. The number of hydrogen-bond acceptors (Lipinski definition) is 8. The van der Waals surface area contributed by atoms with E-state index in [0.717, 1.165) is 0 Å². The van der Waals surface area contributed by atoms with Gasteiger partial charge >= 0.3 is 0 Å². The van der Waals surface area contributed by atoms with Gasteiger partial charge in [0.2, 0.25) is 5.78 Å². The highest BCUT2D eigenvalue weighted by molar-refractivity contribution is 6.42. The zero-order valence-corrected chi connectivity index (χ0v) is 19.5. The Morgan fingerprint density at radius 3 is 1.39 bits per heavy atom. The molecule has 2 aliphatic carbocycles. The quantitative estimate of drug-likeness (QED) is 0.214. The van der Waals surface area contributed by atoms with Gasteiger partial charge in [0.05, 0.1) is 22.3 Å². The molecule has 0 saturated carbocycles. The molecule has 8 heteroatoms. The number of allylic oxidation sites excluding steroid dienone is 9. The largest absolute Gasteiger partial charge is 0.507 e. The molecule has 0 aromatic heterocycles. The normalized spacial score (nSPS) is 17.9. The summed E-state index contributed by atoms with van der Waals surface area (Å²) in [6.45, 7) is 14.2. The van der Waals surface area contributed by atoms with Crippen LogP contribution in [0.25, 0.3) is 5.57 Å². The van der Waals surface area contributed by atoms with Gasteiger partial charge in [0.1, 0.15) is 34.5 Å². The minimum atomic E-state index is -0.940. The number of rotatable bonds is 9. The molecule has 1 aromatic carbocycles. The highest BCUT2D eigenvalue weighted by Crippen LogP contribution is 2.51. The second-order valence-electron chi connectivity index (χ2n) is 8.14. The average molecular weight is 491 g/mol. The first-order chi connectivity index (χ1) is 17.1. The first-order valence-electron chi connectivity index (χ1n) is 10.9. The Bertz CT molecular complexity index is 1340. The summed E-state index contributed by atoms with van der Waals surface area (Å²) in [5, 5.41) is 64.3. The standard InChI is InChI=1S/C28H26O8/c1-5-9-13-21(29)14(10-6-2)24(32)17(23(13)31)19-27(35)20(28(19)36)18-25(33)15(11-7-3)22(30)16(12-8-4)26(18)34/h5-8,29-33,35H,1-4,9-12H2. The molecule has 186 valence electrons. The number of carbonyl (C=O) groups excluding carboxylic acids is 2. The number of carbonyl (C=O) groups is 2. The summed E-state index contributed by atoms with van der Waals surface area (Å²) in [6.07, 6.45) is 5.37. The Kier molecular flexibility index (Phi) is 7.10. The molecule has 0 aliphatic heterocycles. The topological polar surface area (TPSA) is 156 Å². The van der Waals surface area contributed by atoms with Gasteiger partial charge in [0, 0.05) is 22.3 Å². The molecular formula is C28H26O8. The Morgan fingerprint density at radius 2 is 0.944 bits per heavy atom. The molecule has 36 heavy (non-hydrogen) atoms. The number of aromatic hydroxyl groups is 3. The van der Waals surface area contributed by atoms with E-state index in [9.17, 15) is 40.2 Å². The zero-order chi connectivity index (χ0) is 26.9. The third-order valence-corrected chi connectivity index (χ3v) is 6.03. The lowest BCUT2D eigenvalue weighted by molar-refractivity contribution is -0.115. The second-order valence-corrected chi connectivity index (χ2v) is 8.14. The van der Waals surface area contributed by atoms with Crippen LogP contribution in [0, 0.1) is 0 Å². The summed E-state index contributed by atoms with van der Waals surface area (Å²) in [7, 11) is 0. The van der Waals surface area contributed by atoms with Gasteiger partial charge in [0.25, 0.3) is 0 Å². The molecule has 0 spiro atoms. The van der Waals surface area contributed by atoms with Gasteiger partial charge < -0.3 is 30.6 Å². The first-order valence-corrected chi connectivity index (χ1v) is 10.9. The molecule has 0 radical (unpaired) electrons. The SMILES string of the molecule is C=CCC1=C(O)C(CC=C)=C(O)C(=C2C(=O)C(c3c(O)c(CC=C)c(O)c(CC=C)c3O)=C2O)C1=O. The van der Waals surface area contributed by atoms with Crippen LogP contribution in [-0.4, -0.2) is 42.2 Å². The fraction of sp³-hybridized carbons (Fsp3) is 0.143. The number of Topliss-reactive ketones (excluding diaryl/α,β-unsaturated/α-hetero) is 2. The highest BCUT2D eigenvalue weighted by atomic mass is 16.3. The van der Waals surface area contributed by atoms with Gasteiger partial charge in [-0.15, -0.1) is 26.3 Å². The third-order valence-electron chi connectivity index (χ3n) is 6.03. The van der Waals surface area contributed by atoms with Gasteiger partial charge in [0.15, 0.2) is 5.78 Å². The van der Waals surface area contributed by atoms with Gasteiger partial charge in [-0.05, 0) is 25.7 Å². The van der Waals surface area contributed by atoms with Crippen LogP contribution in [0.3, 0.4) is 0 Å². The third kappa shape index (κ3) is 3.73. The molecule has 0 saturated heterocycles. The molecule has 6 N–H and O–H groups in total. The van der Waals surface area contributed by atoms with Crippen LogP contribution in [0.2, 0.25) is 0 Å². The van der Waals surface area contributed by atoms with E-state index in [-0.39, 0.29) is 48.0 Å². The fourth-order valence-electron chi connectivity index (χ4n) is 4.31. The molecule has 1 aromatic rings. The lowest BCUT2D eigenvalue weighted by Crippen LogP contribution is -2.29. The maximum Gasteiger partial charge on any atom is 0.202 e. The zero-order valence-electron chi connectivity index (χ0n) is 19.5. The van der Waals surface area contributed by atoms with Crippen molar-refractivity contribution in [2.75, 3.05) is 0 Å². The van der Waals surface area contributed by atoms with Crippen molar-refractivity contribution in [2.45, 2.75) is 25.7 Å². The number of benzene rings is 1. The average Bonchev–Trinajstić information content (AvgIpc) is 2.85. The van der Waals surface area contributed by atoms with Crippen molar-refractivity contribution in [3.63, 3.8) is 0 Å². The van der Waals surface area contributed by atoms with E-state index < -0.39 is 68.4 Å². The second kappa shape index (κ2) is 9.87. The fourth-order valence-corrected chi connectivity index (χ4v) is 4.31. The van der Waals surface area contributed by atoms with Gasteiger partial charge in [-0.1, -0.05) is 24.3 Å².